The molecule has 0 amide bonds. The molecule has 0 bridgehead atoms. The molecule has 1 fully saturated rings. The van der Waals surface area contributed by atoms with E-state index in [0.29, 0.717) is 18.0 Å². The molecule has 1 heterocycles. The van der Waals surface area contributed by atoms with Gasteiger partial charge in [-0.2, -0.15) is 4.31 Å². The van der Waals surface area contributed by atoms with Gasteiger partial charge in [-0.25, -0.2) is 8.42 Å². The lowest BCUT2D eigenvalue weighted by Crippen LogP contribution is -2.48. The van der Waals surface area contributed by atoms with Crippen molar-refractivity contribution in [3.8, 4) is 0 Å². The lowest BCUT2D eigenvalue weighted by Gasteiger charge is -2.34. The predicted molar refractivity (Wildman–Crippen MR) is 110 cm³/mol. The topological polar surface area (TPSA) is 40.6 Å². The molecule has 4 nitrogen and oxygen atoms in total. The van der Waals surface area contributed by atoms with Gasteiger partial charge in [-0.1, -0.05) is 62.7 Å². The number of sulfonamides is 1. The number of hydrogen-bond acceptors (Lipinski definition) is 3. The number of benzene rings is 2. The normalized spacial score (nSPS) is 17.2. The first-order valence-corrected chi connectivity index (χ1v) is 11.0. The molecule has 0 aliphatic carbocycles. The maximum Gasteiger partial charge on any atom is 0.243 e. The van der Waals surface area contributed by atoms with Crippen molar-refractivity contribution in [1.82, 2.24) is 9.21 Å². The standard InChI is InChI=1S/C22H30N2O2S/c1-18-5-11-21(12-6-18)27(25,26)24-15-13-23(14-16-24)17-19-7-9-20(10-8-19)22(2,3)4/h5-12H,13-17H2,1-4H3. The van der Waals surface area contributed by atoms with Gasteiger partial charge in [0, 0.05) is 32.7 Å². The quantitative estimate of drug-likeness (QED) is 0.802. The van der Waals surface area contributed by atoms with Crippen molar-refractivity contribution in [3.63, 3.8) is 0 Å². The van der Waals surface area contributed by atoms with Crippen LogP contribution in [-0.4, -0.2) is 43.8 Å². The van der Waals surface area contributed by atoms with E-state index < -0.39 is 10.0 Å². The molecular weight excluding hydrogens is 356 g/mol. The fourth-order valence-electron chi connectivity index (χ4n) is 3.36. The summed E-state index contributed by atoms with van der Waals surface area (Å²) in [6.07, 6.45) is 0. The zero-order valence-corrected chi connectivity index (χ0v) is 17.6. The molecule has 0 unspecified atom stereocenters. The van der Waals surface area contributed by atoms with Crippen LogP contribution < -0.4 is 0 Å². The van der Waals surface area contributed by atoms with Crippen molar-refractivity contribution < 1.29 is 8.42 Å². The Morgan fingerprint density at radius 2 is 1.41 bits per heavy atom. The first kappa shape index (κ1) is 20.1. The highest BCUT2D eigenvalue weighted by atomic mass is 32.2. The van der Waals surface area contributed by atoms with Crippen LogP contribution in [0.2, 0.25) is 0 Å². The van der Waals surface area contributed by atoms with Gasteiger partial charge in [0.1, 0.15) is 0 Å². The summed E-state index contributed by atoms with van der Waals surface area (Å²) in [6.45, 7) is 12.1. The minimum Gasteiger partial charge on any atom is -0.296 e. The van der Waals surface area contributed by atoms with E-state index in [9.17, 15) is 8.42 Å². The Morgan fingerprint density at radius 1 is 0.852 bits per heavy atom. The van der Waals surface area contributed by atoms with Gasteiger partial charge in [-0.05, 0) is 35.6 Å². The van der Waals surface area contributed by atoms with Gasteiger partial charge >= 0.3 is 0 Å². The summed E-state index contributed by atoms with van der Waals surface area (Å²) in [5.41, 5.74) is 3.84. The van der Waals surface area contributed by atoms with Gasteiger partial charge < -0.3 is 0 Å². The molecular formula is C22H30N2O2S. The summed E-state index contributed by atoms with van der Waals surface area (Å²) in [5.74, 6) is 0. The summed E-state index contributed by atoms with van der Waals surface area (Å²) in [4.78, 5) is 2.71. The fraction of sp³-hybridized carbons (Fsp3) is 0.455. The van der Waals surface area contributed by atoms with Crippen LogP contribution in [-0.2, 0) is 22.0 Å². The van der Waals surface area contributed by atoms with Gasteiger partial charge in [-0.15, -0.1) is 0 Å². The van der Waals surface area contributed by atoms with E-state index in [2.05, 4.69) is 49.9 Å². The number of hydrogen-bond donors (Lipinski definition) is 0. The third-order valence-corrected chi connectivity index (χ3v) is 7.13. The molecule has 0 aromatic heterocycles. The largest absolute Gasteiger partial charge is 0.296 e. The van der Waals surface area contributed by atoms with Crippen LogP contribution in [0.15, 0.2) is 53.4 Å². The first-order chi connectivity index (χ1) is 12.7. The second-order valence-corrected chi connectivity index (χ2v) is 10.4. The van der Waals surface area contributed by atoms with Crippen LogP contribution in [0.5, 0.6) is 0 Å². The van der Waals surface area contributed by atoms with E-state index in [1.54, 1.807) is 16.4 Å². The number of nitrogens with zero attached hydrogens (tertiary/aromatic N) is 2. The number of rotatable bonds is 4. The molecule has 2 aromatic rings. The van der Waals surface area contributed by atoms with Gasteiger partial charge in [-0.3, -0.25) is 4.90 Å². The van der Waals surface area contributed by atoms with Crippen LogP contribution in [0.3, 0.4) is 0 Å². The zero-order chi connectivity index (χ0) is 19.7. The Bertz CT molecular complexity index is 858. The molecule has 146 valence electrons. The van der Waals surface area contributed by atoms with E-state index in [0.717, 1.165) is 25.2 Å². The van der Waals surface area contributed by atoms with Crippen LogP contribution in [0.25, 0.3) is 0 Å². The molecule has 5 heteroatoms. The summed E-state index contributed by atoms with van der Waals surface area (Å²) in [7, 11) is -3.39. The van der Waals surface area contributed by atoms with E-state index in [-0.39, 0.29) is 5.41 Å². The lowest BCUT2D eigenvalue weighted by molar-refractivity contribution is 0.181. The smallest absolute Gasteiger partial charge is 0.243 e. The highest BCUT2D eigenvalue weighted by molar-refractivity contribution is 7.89. The van der Waals surface area contributed by atoms with Crippen LogP contribution >= 0.6 is 0 Å². The summed E-state index contributed by atoms with van der Waals surface area (Å²) in [6, 6.07) is 15.9. The van der Waals surface area contributed by atoms with Crippen molar-refractivity contribution in [1.29, 1.82) is 0 Å². The second-order valence-electron chi connectivity index (χ2n) is 8.44. The predicted octanol–water partition coefficient (Wildman–Crippen LogP) is 3.80. The highest BCUT2D eigenvalue weighted by Gasteiger charge is 2.28. The molecule has 1 saturated heterocycles. The average molecular weight is 387 g/mol. The molecule has 0 spiro atoms. The molecule has 0 saturated carbocycles. The van der Waals surface area contributed by atoms with Crippen molar-refractivity contribution >= 4 is 10.0 Å². The lowest BCUT2D eigenvalue weighted by atomic mass is 9.87. The third kappa shape index (κ3) is 4.78. The van der Waals surface area contributed by atoms with Gasteiger partial charge in [0.25, 0.3) is 0 Å². The van der Waals surface area contributed by atoms with Crippen LogP contribution in [0.1, 0.15) is 37.5 Å². The Hall–Kier alpha value is -1.69. The Balaban J connectivity index is 1.59. The second kappa shape index (κ2) is 7.74. The molecule has 1 aliphatic rings. The van der Waals surface area contributed by atoms with Gasteiger partial charge in [0.05, 0.1) is 4.90 Å². The van der Waals surface area contributed by atoms with E-state index in [1.165, 1.54) is 11.1 Å². The van der Waals surface area contributed by atoms with Gasteiger partial charge in [0.2, 0.25) is 10.0 Å². The van der Waals surface area contributed by atoms with Crippen molar-refractivity contribution in [2.24, 2.45) is 0 Å². The monoisotopic (exact) mass is 386 g/mol. The van der Waals surface area contributed by atoms with Crippen LogP contribution in [0, 0.1) is 6.92 Å². The first-order valence-electron chi connectivity index (χ1n) is 9.55. The maximum atomic E-state index is 12.8. The molecule has 3 rings (SSSR count). The number of piperazine rings is 1. The summed E-state index contributed by atoms with van der Waals surface area (Å²) in [5, 5.41) is 0. The van der Waals surface area contributed by atoms with Crippen molar-refractivity contribution in [3.05, 3.63) is 65.2 Å². The van der Waals surface area contributed by atoms with E-state index in [4.69, 9.17) is 0 Å². The van der Waals surface area contributed by atoms with Gasteiger partial charge in [0.15, 0.2) is 0 Å². The molecule has 2 aromatic carbocycles. The van der Waals surface area contributed by atoms with Crippen LogP contribution in [0.4, 0.5) is 0 Å². The minimum atomic E-state index is -3.39. The SMILES string of the molecule is Cc1ccc(S(=O)(=O)N2CCN(Cc3ccc(C(C)(C)C)cc3)CC2)cc1. The summed E-state index contributed by atoms with van der Waals surface area (Å²) < 4.78 is 27.2. The van der Waals surface area contributed by atoms with E-state index in [1.807, 2.05) is 19.1 Å². The molecule has 27 heavy (non-hydrogen) atoms. The average Bonchev–Trinajstić information content (AvgIpc) is 2.62. The fourth-order valence-corrected chi connectivity index (χ4v) is 4.78. The Morgan fingerprint density at radius 3 is 1.93 bits per heavy atom. The zero-order valence-electron chi connectivity index (χ0n) is 16.8. The van der Waals surface area contributed by atoms with E-state index >= 15 is 0 Å². The molecule has 1 aliphatic heterocycles. The molecule has 0 atom stereocenters. The summed E-state index contributed by atoms with van der Waals surface area (Å²) >= 11 is 0. The molecule has 0 N–H and O–H groups in total. The number of aryl methyl sites for hydroxylation is 1. The van der Waals surface area contributed by atoms with Crippen molar-refractivity contribution in [2.45, 2.75) is 44.6 Å². The highest BCUT2D eigenvalue weighted by Crippen LogP contribution is 2.23. The minimum absolute atomic E-state index is 0.161. The van der Waals surface area contributed by atoms with Crippen molar-refractivity contribution in [2.75, 3.05) is 26.2 Å². The maximum absolute atomic E-state index is 12.8. The third-order valence-electron chi connectivity index (χ3n) is 5.22. The molecule has 0 radical (unpaired) electrons. The Kier molecular flexibility index (Phi) is 5.75. The Labute approximate surface area is 163 Å².